The molecule has 21 heavy (non-hydrogen) atoms. The molecule has 3 nitrogen and oxygen atoms in total. The monoisotopic (exact) mass is 325 g/mol. The van der Waals surface area contributed by atoms with Gasteiger partial charge in [0.15, 0.2) is 0 Å². The number of hydrogen-bond acceptors (Lipinski definition) is 3. The van der Waals surface area contributed by atoms with Gasteiger partial charge in [-0.3, -0.25) is 0 Å². The normalized spacial score (nSPS) is 12.0. The molecule has 1 unspecified atom stereocenters. The largest absolute Gasteiger partial charge is 0.495 e. The molecule has 0 heterocycles. The summed E-state index contributed by atoms with van der Waals surface area (Å²) in [6, 6.07) is 10.7. The van der Waals surface area contributed by atoms with Gasteiger partial charge in [0, 0.05) is 11.1 Å². The SMILES string of the molecule is CCOc1ccc(C(N)c2cc(Cl)c(OC)cc2Cl)cc1. The van der Waals surface area contributed by atoms with E-state index in [2.05, 4.69) is 0 Å². The molecular weight excluding hydrogens is 309 g/mol. The van der Waals surface area contributed by atoms with Crippen LogP contribution in [0.4, 0.5) is 0 Å². The van der Waals surface area contributed by atoms with Crippen LogP contribution in [0.3, 0.4) is 0 Å². The summed E-state index contributed by atoms with van der Waals surface area (Å²) in [5, 5.41) is 1.01. The molecule has 2 N–H and O–H groups in total. The zero-order chi connectivity index (χ0) is 15.4. The predicted molar refractivity (Wildman–Crippen MR) is 86.7 cm³/mol. The highest BCUT2D eigenvalue weighted by Crippen LogP contribution is 2.35. The third kappa shape index (κ3) is 3.62. The average molecular weight is 326 g/mol. The lowest BCUT2D eigenvalue weighted by molar-refractivity contribution is 0.340. The van der Waals surface area contributed by atoms with Gasteiger partial charge in [-0.1, -0.05) is 35.3 Å². The van der Waals surface area contributed by atoms with Gasteiger partial charge in [0.2, 0.25) is 0 Å². The number of ether oxygens (including phenoxy) is 2. The van der Waals surface area contributed by atoms with Gasteiger partial charge in [-0.2, -0.15) is 0 Å². The van der Waals surface area contributed by atoms with Gasteiger partial charge in [0.1, 0.15) is 11.5 Å². The summed E-state index contributed by atoms with van der Waals surface area (Å²) >= 11 is 12.4. The van der Waals surface area contributed by atoms with Crippen LogP contribution in [0.15, 0.2) is 36.4 Å². The van der Waals surface area contributed by atoms with Crippen molar-refractivity contribution < 1.29 is 9.47 Å². The van der Waals surface area contributed by atoms with E-state index in [1.807, 2.05) is 31.2 Å². The summed E-state index contributed by atoms with van der Waals surface area (Å²) in [6.45, 7) is 2.57. The summed E-state index contributed by atoms with van der Waals surface area (Å²) in [6.07, 6.45) is 0. The van der Waals surface area contributed by atoms with Gasteiger partial charge >= 0.3 is 0 Å². The van der Waals surface area contributed by atoms with Crippen molar-refractivity contribution in [3.8, 4) is 11.5 Å². The van der Waals surface area contributed by atoms with Crippen molar-refractivity contribution in [1.82, 2.24) is 0 Å². The lowest BCUT2D eigenvalue weighted by Crippen LogP contribution is -2.12. The molecule has 0 amide bonds. The number of hydrogen-bond donors (Lipinski definition) is 1. The molecular formula is C16H17Cl2NO2. The maximum absolute atomic E-state index is 6.28. The Balaban J connectivity index is 2.31. The van der Waals surface area contributed by atoms with E-state index in [0.29, 0.717) is 22.4 Å². The second-order valence-electron chi connectivity index (χ2n) is 4.49. The van der Waals surface area contributed by atoms with Crippen LogP contribution in [0.1, 0.15) is 24.1 Å². The Bertz CT molecular complexity index is 614. The van der Waals surface area contributed by atoms with Gasteiger partial charge in [-0.05, 0) is 36.2 Å². The smallest absolute Gasteiger partial charge is 0.138 e. The molecule has 0 aromatic heterocycles. The number of halogens is 2. The van der Waals surface area contributed by atoms with Crippen molar-refractivity contribution in [2.75, 3.05) is 13.7 Å². The molecule has 2 aromatic carbocycles. The molecule has 1 atom stereocenters. The number of benzene rings is 2. The summed E-state index contributed by atoms with van der Waals surface area (Å²) < 4.78 is 10.6. The lowest BCUT2D eigenvalue weighted by atomic mass is 9.99. The molecule has 112 valence electrons. The summed E-state index contributed by atoms with van der Waals surface area (Å²) in [4.78, 5) is 0. The van der Waals surface area contributed by atoms with Gasteiger partial charge in [0.25, 0.3) is 0 Å². The second-order valence-corrected chi connectivity index (χ2v) is 5.30. The van der Waals surface area contributed by atoms with Crippen molar-refractivity contribution in [2.24, 2.45) is 5.73 Å². The van der Waals surface area contributed by atoms with Gasteiger partial charge in [0.05, 0.1) is 24.8 Å². The minimum absolute atomic E-state index is 0.364. The van der Waals surface area contributed by atoms with Crippen molar-refractivity contribution in [2.45, 2.75) is 13.0 Å². The molecule has 0 bridgehead atoms. The maximum atomic E-state index is 6.28. The quantitative estimate of drug-likeness (QED) is 0.883. The van der Waals surface area contributed by atoms with Crippen LogP contribution in [-0.4, -0.2) is 13.7 Å². The van der Waals surface area contributed by atoms with Crippen LogP contribution < -0.4 is 15.2 Å². The number of nitrogens with two attached hydrogens (primary N) is 1. The molecule has 0 fully saturated rings. The van der Waals surface area contributed by atoms with E-state index in [-0.39, 0.29) is 6.04 Å². The lowest BCUT2D eigenvalue weighted by Gasteiger charge is -2.16. The minimum atomic E-state index is -0.364. The van der Waals surface area contributed by atoms with E-state index >= 15 is 0 Å². The Morgan fingerprint density at radius 3 is 2.33 bits per heavy atom. The highest BCUT2D eigenvalue weighted by molar-refractivity contribution is 6.34. The standard InChI is InChI=1S/C16H17Cl2NO2/c1-3-21-11-6-4-10(5-7-11)16(19)12-8-14(18)15(20-2)9-13(12)17/h4-9,16H,3,19H2,1-2H3. The minimum Gasteiger partial charge on any atom is -0.495 e. The Hall–Kier alpha value is -1.42. The number of methoxy groups -OCH3 is 1. The van der Waals surface area contributed by atoms with Crippen LogP contribution in [0, 0.1) is 0 Å². The molecule has 0 saturated carbocycles. The number of rotatable bonds is 5. The first kappa shape index (κ1) is 16.0. The van der Waals surface area contributed by atoms with E-state index in [4.69, 9.17) is 38.4 Å². The summed E-state index contributed by atoms with van der Waals surface area (Å²) in [7, 11) is 1.55. The second kappa shape index (κ2) is 7.03. The van der Waals surface area contributed by atoms with E-state index in [1.54, 1.807) is 19.2 Å². The van der Waals surface area contributed by atoms with Crippen LogP contribution in [0.2, 0.25) is 10.0 Å². The summed E-state index contributed by atoms with van der Waals surface area (Å²) in [5.41, 5.74) is 7.97. The van der Waals surface area contributed by atoms with Gasteiger partial charge in [-0.15, -0.1) is 0 Å². The van der Waals surface area contributed by atoms with Crippen LogP contribution in [0.25, 0.3) is 0 Å². The average Bonchev–Trinajstić information content (AvgIpc) is 2.49. The Kier molecular flexibility index (Phi) is 5.34. The molecule has 2 aromatic rings. The van der Waals surface area contributed by atoms with Gasteiger partial charge in [-0.25, -0.2) is 0 Å². The van der Waals surface area contributed by atoms with E-state index in [9.17, 15) is 0 Å². The van der Waals surface area contributed by atoms with Gasteiger partial charge < -0.3 is 15.2 Å². The van der Waals surface area contributed by atoms with E-state index in [1.165, 1.54) is 0 Å². The Labute approximate surface area is 134 Å². The molecule has 0 saturated heterocycles. The third-order valence-corrected chi connectivity index (χ3v) is 3.78. The molecule has 5 heteroatoms. The van der Waals surface area contributed by atoms with Crippen LogP contribution in [0.5, 0.6) is 11.5 Å². The fourth-order valence-corrected chi connectivity index (χ4v) is 2.58. The Morgan fingerprint density at radius 1 is 1.10 bits per heavy atom. The predicted octanol–water partition coefficient (Wildman–Crippen LogP) is 4.45. The van der Waals surface area contributed by atoms with Crippen molar-refractivity contribution in [3.05, 3.63) is 57.6 Å². The molecule has 0 aliphatic carbocycles. The first-order valence-corrected chi connectivity index (χ1v) is 7.33. The highest BCUT2D eigenvalue weighted by Gasteiger charge is 2.16. The summed E-state index contributed by atoms with van der Waals surface area (Å²) in [5.74, 6) is 1.34. The van der Waals surface area contributed by atoms with Crippen molar-refractivity contribution in [1.29, 1.82) is 0 Å². The molecule has 2 rings (SSSR count). The van der Waals surface area contributed by atoms with Crippen molar-refractivity contribution in [3.63, 3.8) is 0 Å². The van der Waals surface area contributed by atoms with E-state index in [0.717, 1.165) is 16.9 Å². The highest BCUT2D eigenvalue weighted by atomic mass is 35.5. The fourth-order valence-electron chi connectivity index (χ4n) is 2.06. The first-order chi connectivity index (χ1) is 10.1. The van der Waals surface area contributed by atoms with Crippen LogP contribution >= 0.6 is 23.2 Å². The topological polar surface area (TPSA) is 44.5 Å². The maximum Gasteiger partial charge on any atom is 0.138 e. The zero-order valence-electron chi connectivity index (χ0n) is 11.9. The molecule has 0 aliphatic rings. The third-order valence-electron chi connectivity index (χ3n) is 3.16. The zero-order valence-corrected chi connectivity index (χ0v) is 13.4. The molecule has 0 spiro atoms. The molecule has 0 radical (unpaired) electrons. The first-order valence-electron chi connectivity index (χ1n) is 6.58. The van der Waals surface area contributed by atoms with Crippen molar-refractivity contribution >= 4 is 23.2 Å². The molecule has 0 aliphatic heterocycles. The Morgan fingerprint density at radius 2 is 1.76 bits per heavy atom. The van der Waals surface area contributed by atoms with Crippen LogP contribution in [-0.2, 0) is 0 Å². The van der Waals surface area contributed by atoms with E-state index < -0.39 is 0 Å². The fraction of sp³-hybridized carbons (Fsp3) is 0.250.